The topological polar surface area (TPSA) is 61.9 Å². The first-order valence-electron chi connectivity index (χ1n) is 8.16. The molecule has 124 valence electrons. The van der Waals surface area contributed by atoms with Crippen LogP contribution in [0.2, 0.25) is 0 Å². The molecule has 0 radical (unpaired) electrons. The number of rotatable bonds is 2. The summed E-state index contributed by atoms with van der Waals surface area (Å²) in [5.74, 6) is 0.0501. The van der Waals surface area contributed by atoms with Gasteiger partial charge in [0.2, 0.25) is 5.91 Å². The summed E-state index contributed by atoms with van der Waals surface area (Å²) in [7, 11) is 0. The predicted octanol–water partition coefficient (Wildman–Crippen LogP) is 1.61. The van der Waals surface area contributed by atoms with Gasteiger partial charge in [0, 0.05) is 38.3 Å². The third-order valence-electron chi connectivity index (χ3n) is 4.26. The molecular formula is C17H23N3O3. The van der Waals surface area contributed by atoms with Crippen molar-refractivity contribution in [1.29, 1.82) is 0 Å². The molecule has 0 aromatic heterocycles. The molecule has 1 N–H and O–H groups in total. The SMILES string of the molecule is C[C@@H]1CN(C(=O)N[C@@H]2CC(=O)N(c3ccccc3)C2)CCCO1. The van der Waals surface area contributed by atoms with Crippen LogP contribution in [0.3, 0.4) is 0 Å². The zero-order valence-electron chi connectivity index (χ0n) is 13.4. The fourth-order valence-corrected chi connectivity index (χ4v) is 3.11. The van der Waals surface area contributed by atoms with E-state index in [0.717, 1.165) is 12.1 Å². The monoisotopic (exact) mass is 317 g/mol. The van der Waals surface area contributed by atoms with Crippen LogP contribution in [0.1, 0.15) is 19.8 Å². The quantitative estimate of drug-likeness (QED) is 0.901. The summed E-state index contributed by atoms with van der Waals surface area (Å²) in [5.41, 5.74) is 0.881. The number of nitrogens with zero attached hydrogens (tertiary/aromatic N) is 2. The molecule has 2 atom stereocenters. The van der Waals surface area contributed by atoms with E-state index in [9.17, 15) is 9.59 Å². The van der Waals surface area contributed by atoms with Gasteiger partial charge in [0.25, 0.3) is 0 Å². The van der Waals surface area contributed by atoms with Crippen LogP contribution in [0.5, 0.6) is 0 Å². The number of carbonyl (C=O) groups is 2. The Labute approximate surface area is 136 Å². The maximum absolute atomic E-state index is 12.4. The van der Waals surface area contributed by atoms with E-state index >= 15 is 0 Å². The van der Waals surface area contributed by atoms with Gasteiger partial charge in [0.15, 0.2) is 0 Å². The van der Waals surface area contributed by atoms with E-state index in [2.05, 4.69) is 5.32 Å². The third kappa shape index (κ3) is 3.82. The first-order valence-corrected chi connectivity index (χ1v) is 8.16. The van der Waals surface area contributed by atoms with Crippen molar-refractivity contribution in [2.75, 3.05) is 31.1 Å². The molecule has 2 fully saturated rings. The van der Waals surface area contributed by atoms with E-state index in [1.165, 1.54) is 0 Å². The van der Waals surface area contributed by atoms with Crippen LogP contribution in [-0.4, -0.2) is 55.2 Å². The molecule has 0 aliphatic carbocycles. The van der Waals surface area contributed by atoms with E-state index in [1.54, 1.807) is 9.80 Å². The summed E-state index contributed by atoms with van der Waals surface area (Å²) in [5, 5.41) is 3.00. The number of urea groups is 1. The minimum atomic E-state index is -0.144. The molecule has 1 aromatic rings. The summed E-state index contributed by atoms with van der Waals surface area (Å²) < 4.78 is 5.56. The summed E-state index contributed by atoms with van der Waals surface area (Å²) in [6.45, 7) is 4.47. The normalized spacial score (nSPS) is 25.3. The van der Waals surface area contributed by atoms with Gasteiger partial charge >= 0.3 is 6.03 Å². The molecule has 6 heteroatoms. The van der Waals surface area contributed by atoms with E-state index in [4.69, 9.17) is 4.74 Å². The lowest BCUT2D eigenvalue weighted by Gasteiger charge is -2.24. The highest BCUT2D eigenvalue weighted by molar-refractivity contribution is 5.96. The summed E-state index contributed by atoms with van der Waals surface area (Å²) >= 11 is 0. The fraction of sp³-hybridized carbons (Fsp3) is 0.529. The van der Waals surface area contributed by atoms with Gasteiger partial charge in [-0.25, -0.2) is 4.79 Å². The average Bonchev–Trinajstić information content (AvgIpc) is 2.77. The van der Waals surface area contributed by atoms with E-state index < -0.39 is 0 Å². The Morgan fingerprint density at radius 3 is 2.83 bits per heavy atom. The number of amides is 3. The lowest BCUT2D eigenvalue weighted by Crippen LogP contribution is -2.47. The van der Waals surface area contributed by atoms with Crippen molar-refractivity contribution >= 4 is 17.6 Å². The summed E-state index contributed by atoms with van der Waals surface area (Å²) in [6, 6.07) is 9.32. The van der Waals surface area contributed by atoms with Gasteiger partial charge in [-0.1, -0.05) is 18.2 Å². The number of anilines is 1. The van der Waals surface area contributed by atoms with Crippen molar-refractivity contribution in [2.24, 2.45) is 0 Å². The maximum atomic E-state index is 12.4. The second kappa shape index (κ2) is 7.00. The average molecular weight is 317 g/mol. The van der Waals surface area contributed by atoms with Crippen LogP contribution in [-0.2, 0) is 9.53 Å². The van der Waals surface area contributed by atoms with Crippen molar-refractivity contribution in [2.45, 2.75) is 31.9 Å². The van der Waals surface area contributed by atoms with E-state index in [-0.39, 0.29) is 24.1 Å². The van der Waals surface area contributed by atoms with Crippen LogP contribution in [0, 0.1) is 0 Å². The molecule has 0 spiro atoms. The molecule has 3 amide bonds. The number of para-hydroxylation sites is 1. The van der Waals surface area contributed by atoms with Gasteiger partial charge in [0.05, 0.1) is 12.1 Å². The second-order valence-electron chi connectivity index (χ2n) is 6.17. The Kier molecular flexibility index (Phi) is 4.81. The molecule has 2 saturated heterocycles. The van der Waals surface area contributed by atoms with Crippen LogP contribution in [0.15, 0.2) is 30.3 Å². The molecule has 2 aliphatic heterocycles. The third-order valence-corrected chi connectivity index (χ3v) is 4.26. The number of benzene rings is 1. The van der Waals surface area contributed by atoms with Gasteiger partial charge in [-0.05, 0) is 25.5 Å². The molecular weight excluding hydrogens is 294 g/mol. The fourth-order valence-electron chi connectivity index (χ4n) is 3.11. The number of ether oxygens (including phenoxy) is 1. The van der Waals surface area contributed by atoms with Crippen LogP contribution < -0.4 is 10.2 Å². The largest absolute Gasteiger partial charge is 0.377 e. The van der Waals surface area contributed by atoms with Crippen molar-refractivity contribution in [3.8, 4) is 0 Å². The van der Waals surface area contributed by atoms with Crippen molar-refractivity contribution in [3.63, 3.8) is 0 Å². The maximum Gasteiger partial charge on any atom is 0.317 e. The highest BCUT2D eigenvalue weighted by atomic mass is 16.5. The van der Waals surface area contributed by atoms with Crippen molar-refractivity contribution in [3.05, 3.63) is 30.3 Å². The number of hydrogen-bond donors (Lipinski definition) is 1. The lowest BCUT2D eigenvalue weighted by molar-refractivity contribution is -0.117. The van der Waals surface area contributed by atoms with E-state index in [0.29, 0.717) is 32.7 Å². The lowest BCUT2D eigenvalue weighted by atomic mass is 10.2. The Balaban J connectivity index is 1.58. The van der Waals surface area contributed by atoms with Gasteiger partial charge < -0.3 is 19.9 Å². The first-order chi connectivity index (χ1) is 11.1. The molecule has 3 rings (SSSR count). The van der Waals surface area contributed by atoms with Crippen molar-refractivity contribution in [1.82, 2.24) is 10.2 Å². The Hall–Kier alpha value is -2.08. The smallest absolute Gasteiger partial charge is 0.317 e. The summed E-state index contributed by atoms with van der Waals surface area (Å²) in [4.78, 5) is 28.1. The first kappa shape index (κ1) is 15.8. The Morgan fingerprint density at radius 2 is 2.04 bits per heavy atom. The zero-order chi connectivity index (χ0) is 16.2. The van der Waals surface area contributed by atoms with E-state index in [1.807, 2.05) is 37.3 Å². The molecule has 0 saturated carbocycles. The number of hydrogen-bond acceptors (Lipinski definition) is 3. The van der Waals surface area contributed by atoms with Gasteiger partial charge in [0.1, 0.15) is 0 Å². The standard InChI is InChI=1S/C17H23N3O3/c1-13-11-19(8-5-9-23-13)17(22)18-14-10-16(21)20(12-14)15-6-3-2-4-7-15/h2-4,6-7,13-14H,5,8-12H2,1H3,(H,18,22)/t13-,14-/m1/s1. The molecule has 23 heavy (non-hydrogen) atoms. The Bertz CT molecular complexity index is 563. The van der Waals surface area contributed by atoms with Crippen LogP contribution in [0.25, 0.3) is 0 Å². The van der Waals surface area contributed by atoms with Gasteiger partial charge in [-0.15, -0.1) is 0 Å². The molecule has 6 nitrogen and oxygen atoms in total. The highest BCUT2D eigenvalue weighted by Gasteiger charge is 2.32. The van der Waals surface area contributed by atoms with Crippen LogP contribution in [0.4, 0.5) is 10.5 Å². The molecule has 2 heterocycles. The number of carbonyl (C=O) groups excluding carboxylic acids is 2. The molecule has 1 aromatic carbocycles. The zero-order valence-corrected chi connectivity index (χ0v) is 13.4. The number of nitrogens with one attached hydrogen (secondary N) is 1. The molecule has 0 bridgehead atoms. The summed E-state index contributed by atoms with van der Waals surface area (Å²) in [6.07, 6.45) is 1.24. The highest BCUT2D eigenvalue weighted by Crippen LogP contribution is 2.21. The van der Waals surface area contributed by atoms with Gasteiger partial charge in [-0.2, -0.15) is 0 Å². The second-order valence-corrected chi connectivity index (χ2v) is 6.17. The molecule has 2 aliphatic rings. The minimum absolute atomic E-state index is 0.0501. The Morgan fingerprint density at radius 1 is 1.26 bits per heavy atom. The predicted molar refractivity (Wildman–Crippen MR) is 87.3 cm³/mol. The minimum Gasteiger partial charge on any atom is -0.377 e. The van der Waals surface area contributed by atoms with Crippen LogP contribution >= 0.6 is 0 Å². The van der Waals surface area contributed by atoms with Gasteiger partial charge in [-0.3, -0.25) is 4.79 Å². The molecule has 0 unspecified atom stereocenters. The van der Waals surface area contributed by atoms with Crippen molar-refractivity contribution < 1.29 is 14.3 Å².